The second kappa shape index (κ2) is 5.07. The van der Waals surface area contributed by atoms with Gasteiger partial charge in [-0.3, -0.25) is 4.79 Å². The molecule has 0 aromatic rings. The first kappa shape index (κ1) is 12.6. The molecule has 88 valence electrons. The third-order valence-electron chi connectivity index (χ3n) is 2.75. The van der Waals surface area contributed by atoms with Gasteiger partial charge in [-0.25, -0.2) is 8.42 Å². The van der Waals surface area contributed by atoms with Gasteiger partial charge in [-0.1, -0.05) is 6.92 Å². The summed E-state index contributed by atoms with van der Waals surface area (Å²) in [7, 11) is -2.84. The Morgan fingerprint density at radius 2 is 2.13 bits per heavy atom. The van der Waals surface area contributed by atoms with E-state index in [1.54, 1.807) is 0 Å². The highest BCUT2D eigenvalue weighted by molar-refractivity contribution is 7.90. The lowest BCUT2D eigenvalue weighted by Crippen LogP contribution is -2.40. The number of piperidine rings is 1. The number of Topliss-reactive ketones (excluding diaryl/α,β-unsaturated/α-hetero) is 1. The molecule has 0 aromatic heterocycles. The molecule has 4 nitrogen and oxygen atoms in total. The molecule has 1 aliphatic rings. The molecular formula is C10H19NO3S. The van der Waals surface area contributed by atoms with E-state index in [1.807, 2.05) is 6.92 Å². The first-order valence-electron chi connectivity index (χ1n) is 5.31. The lowest BCUT2D eigenvalue weighted by molar-refractivity contribution is -0.125. The number of carbonyl (C=O) groups is 1. The van der Waals surface area contributed by atoms with Crippen molar-refractivity contribution in [2.75, 3.05) is 31.6 Å². The molecular weight excluding hydrogens is 214 g/mol. The number of likely N-dealkylation sites (tertiary alicyclic amines) is 1. The van der Waals surface area contributed by atoms with Crippen LogP contribution < -0.4 is 0 Å². The van der Waals surface area contributed by atoms with E-state index in [1.165, 1.54) is 6.26 Å². The van der Waals surface area contributed by atoms with Crippen molar-refractivity contribution < 1.29 is 13.2 Å². The average molecular weight is 233 g/mol. The summed E-state index contributed by atoms with van der Waals surface area (Å²) in [6.07, 6.45) is 2.54. The first-order chi connectivity index (χ1) is 6.88. The molecule has 1 unspecified atom stereocenters. The molecule has 1 heterocycles. The number of hydrogen-bond donors (Lipinski definition) is 0. The van der Waals surface area contributed by atoms with Gasteiger partial charge >= 0.3 is 0 Å². The third-order valence-corrected chi connectivity index (χ3v) is 3.78. The van der Waals surface area contributed by atoms with E-state index in [4.69, 9.17) is 0 Å². The molecule has 0 amide bonds. The molecule has 1 atom stereocenters. The lowest BCUT2D eigenvalue weighted by Gasteiger charge is -2.29. The molecule has 0 spiro atoms. The smallest absolute Gasteiger partial charge is 0.147 e. The van der Waals surface area contributed by atoms with Crippen LogP contribution in [-0.2, 0) is 14.6 Å². The molecule has 0 bridgehead atoms. The van der Waals surface area contributed by atoms with Crippen molar-refractivity contribution in [2.24, 2.45) is 5.92 Å². The summed E-state index contributed by atoms with van der Waals surface area (Å²) >= 11 is 0. The summed E-state index contributed by atoms with van der Waals surface area (Å²) in [5.74, 6) is 0.678. The van der Waals surface area contributed by atoms with Crippen molar-refractivity contribution in [3.63, 3.8) is 0 Å². The van der Waals surface area contributed by atoms with Crippen LogP contribution >= 0.6 is 0 Å². The van der Waals surface area contributed by atoms with Crippen molar-refractivity contribution in [1.82, 2.24) is 4.90 Å². The molecule has 0 N–H and O–H groups in total. The van der Waals surface area contributed by atoms with Gasteiger partial charge in [0.2, 0.25) is 0 Å². The van der Waals surface area contributed by atoms with Crippen LogP contribution in [0.1, 0.15) is 19.8 Å². The van der Waals surface area contributed by atoms with Crippen LogP contribution in [0.15, 0.2) is 0 Å². The minimum atomic E-state index is -2.84. The van der Waals surface area contributed by atoms with E-state index < -0.39 is 9.84 Å². The quantitative estimate of drug-likeness (QED) is 0.702. The average Bonchev–Trinajstić information content (AvgIpc) is 2.09. The van der Waals surface area contributed by atoms with Gasteiger partial charge < -0.3 is 4.90 Å². The van der Waals surface area contributed by atoms with Crippen molar-refractivity contribution in [1.29, 1.82) is 0 Å². The van der Waals surface area contributed by atoms with Gasteiger partial charge in [0.05, 0.1) is 5.75 Å². The van der Waals surface area contributed by atoms with E-state index in [-0.39, 0.29) is 11.7 Å². The minimum absolute atomic E-state index is 0.108. The summed E-state index contributed by atoms with van der Waals surface area (Å²) < 4.78 is 21.8. The van der Waals surface area contributed by atoms with Crippen molar-refractivity contribution in [3.05, 3.63) is 0 Å². The fraction of sp³-hybridized carbons (Fsp3) is 0.900. The number of rotatable bonds is 4. The van der Waals surface area contributed by atoms with Crippen molar-refractivity contribution in [3.8, 4) is 0 Å². The highest BCUT2D eigenvalue weighted by Gasteiger charge is 2.22. The monoisotopic (exact) mass is 233 g/mol. The zero-order valence-electron chi connectivity index (χ0n) is 9.40. The normalized spacial score (nSPS) is 24.4. The van der Waals surface area contributed by atoms with E-state index in [9.17, 15) is 13.2 Å². The van der Waals surface area contributed by atoms with E-state index in [2.05, 4.69) is 4.90 Å². The van der Waals surface area contributed by atoms with E-state index in [0.717, 1.165) is 19.6 Å². The number of carbonyl (C=O) groups excluding carboxylic acids is 1. The van der Waals surface area contributed by atoms with E-state index in [0.29, 0.717) is 18.6 Å². The molecule has 0 aromatic carbocycles. The Morgan fingerprint density at radius 1 is 1.47 bits per heavy atom. The van der Waals surface area contributed by atoms with Gasteiger partial charge in [0.15, 0.2) is 0 Å². The SMILES string of the molecule is CC1CN(CCCS(C)(=O)=O)CCC1=O. The van der Waals surface area contributed by atoms with Gasteiger partial charge in [-0.2, -0.15) is 0 Å². The standard InChI is InChI=1S/C10H19NO3S/c1-9-8-11(6-4-10(9)12)5-3-7-15(2,13)14/h9H,3-8H2,1-2H3. The second-order valence-corrected chi connectivity index (χ2v) is 6.66. The fourth-order valence-corrected chi connectivity index (χ4v) is 2.50. The van der Waals surface area contributed by atoms with Gasteiger partial charge in [0, 0.05) is 31.7 Å². The molecule has 0 saturated carbocycles. The van der Waals surface area contributed by atoms with Crippen LogP contribution in [0.4, 0.5) is 0 Å². The summed E-state index contributed by atoms with van der Waals surface area (Å²) in [6, 6.07) is 0. The Balaban J connectivity index is 2.26. The maximum absolute atomic E-state index is 11.3. The largest absolute Gasteiger partial charge is 0.302 e. The molecule has 1 rings (SSSR count). The van der Waals surface area contributed by atoms with Crippen LogP contribution in [0.25, 0.3) is 0 Å². The van der Waals surface area contributed by atoms with Gasteiger partial charge in [0.1, 0.15) is 15.6 Å². The lowest BCUT2D eigenvalue weighted by atomic mass is 9.99. The Kier molecular flexibility index (Phi) is 4.28. The zero-order valence-corrected chi connectivity index (χ0v) is 10.2. The molecule has 5 heteroatoms. The van der Waals surface area contributed by atoms with Gasteiger partial charge in [-0.05, 0) is 13.0 Å². The number of nitrogens with zero attached hydrogens (tertiary/aromatic N) is 1. The van der Waals surface area contributed by atoms with Crippen LogP contribution in [0.2, 0.25) is 0 Å². The maximum Gasteiger partial charge on any atom is 0.147 e. The topological polar surface area (TPSA) is 54.5 Å². The highest BCUT2D eigenvalue weighted by atomic mass is 32.2. The molecule has 1 saturated heterocycles. The fourth-order valence-electron chi connectivity index (χ4n) is 1.85. The summed E-state index contributed by atoms with van der Waals surface area (Å²) in [4.78, 5) is 13.4. The Labute approximate surface area is 91.6 Å². The Bertz CT molecular complexity index is 324. The predicted molar refractivity (Wildman–Crippen MR) is 59.6 cm³/mol. The first-order valence-corrected chi connectivity index (χ1v) is 7.37. The van der Waals surface area contributed by atoms with E-state index >= 15 is 0 Å². The molecule has 0 radical (unpaired) electrons. The molecule has 0 aliphatic carbocycles. The van der Waals surface area contributed by atoms with Crippen molar-refractivity contribution >= 4 is 15.6 Å². The van der Waals surface area contributed by atoms with Crippen LogP contribution in [0, 0.1) is 5.92 Å². The van der Waals surface area contributed by atoms with Gasteiger partial charge in [0.25, 0.3) is 0 Å². The van der Waals surface area contributed by atoms with Gasteiger partial charge in [-0.15, -0.1) is 0 Å². The maximum atomic E-state index is 11.3. The second-order valence-electron chi connectivity index (χ2n) is 4.40. The molecule has 15 heavy (non-hydrogen) atoms. The number of ketones is 1. The van der Waals surface area contributed by atoms with Crippen LogP contribution in [0.5, 0.6) is 0 Å². The highest BCUT2D eigenvalue weighted by Crippen LogP contribution is 2.12. The summed E-state index contributed by atoms with van der Waals surface area (Å²) in [5.41, 5.74) is 0. The number of hydrogen-bond acceptors (Lipinski definition) is 4. The Hall–Kier alpha value is -0.420. The third kappa shape index (κ3) is 4.75. The zero-order chi connectivity index (χ0) is 11.5. The van der Waals surface area contributed by atoms with Crippen LogP contribution in [0.3, 0.4) is 0 Å². The Morgan fingerprint density at radius 3 is 2.67 bits per heavy atom. The summed E-state index contributed by atoms with van der Waals surface area (Å²) in [5, 5.41) is 0. The van der Waals surface area contributed by atoms with Crippen molar-refractivity contribution in [2.45, 2.75) is 19.8 Å². The van der Waals surface area contributed by atoms with Crippen LogP contribution in [-0.4, -0.2) is 50.7 Å². The number of sulfone groups is 1. The molecule has 1 fully saturated rings. The molecule has 1 aliphatic heterocycles. The predicted octanol–water partition coefficient (Wildman–Crippen LogP) is 0.332. The minimum Gasteiger partial charge on any atom is -0.302 e. The summed E-state index contributed by atoms with van der Waals surface area (Å²) in [6.45, 7) is 4.28.